The fourth-order valence-corrected chi connectivity index (χ4v) is 2.63. The van der Waals surface area contributed by atoms with E-state index in [2.05, 4.69) is 15.6 Å². The molecule has 2 aromatic rings. The fraction of sp³-hybridized carbons (Fsp3) is 0.438. The number of rotatable bonds is 5. The molecular weight excluding hydrogens is 330 g/mol. The van der Waals surface area contributed by atoms with E-state index in [9.17, 15) is 4.79 Å². The molecule has 0 aliphatic carbocycles. The summed E-state index contributed by atoms with van der Waals surface area (Å²) in [5, 5.41) is 11.2. The highest BCUT2D eigenvalue weighted by Gasteiger charge is 2.30. The molecule has 3 atom stereocenters. The van der Waals surface area contributed by atoms with Crippen LogP contribution in [0.2, 0.25) is 0 Å². The first kappa shape index (κ1) is 18.4. The van der Waals surface area contributed by atoms with Crippen LogP contribution in [0, 0.1) is 0 Å². The molecule has 0 radical (unpaired) electrons. The van der Waals surface area contributed by atoms with Gasteiger partial charge in [-0.15, -0.1) is 17.5 Å². The van der Waals surface area contributed by atoms with Gasteiger partial charge in [0.25, 0.3) is 0 Å². The Kier molecular flexibility index (Phi) is 6.30. The van der Waals surface area contributed by atoms with Crippen molar-refractivity contribution >= 4 is 18.3 Å². The van der Waals surface area contributed by atoms with Crippen LogP contribution in [0.1, 0.15) is 31.5 Å². The van der Waals surface area contributed by atoms with Gasteiger partial charge in [0.15, 0.2) is 0 Å². The van der Waals surface area contributed by atoms with Crippen LogP contribution in [0.25, 0.3) is 5.69 Å². The zero-order valence-corrected chi connectivity index (χ0v) is 14.3. The molecule has 130 valence electrons. The summed E-state index contributed by atoms with van der Waals surface area (Å²) in [6.07, 6.45) is 2.91. The van der Waals surface area contributed by atoms with Crippen molar-refractivity contribution < 1.29 is 9.53 Å². The van der Waals surface area contributed by atoms with Gasteiger partial charge in [-0.3, -0.25) is 4.79 Å². The summed E-state index contributed by atoms with van der Waals surface area (Å²) < 4.78 is 7.29. The largest absolute Gasteiger partial charge is 0.364 e. The average Bonchev–Trinajstić information content (AvgIpc) is 3.25. The smallest absolute Gasteiger partial charge is 0.249 e. The zero-order chi connectivity index (χ0) is 16.2. The van der Waals surface area contributed by atoms with Crippen molar-refractivity contribution in [2.45, 2.75) is 38.0 Å². The third-order valence-electron chi connectivity index (χ3n) is 4.00. The van der Waals surface area contributed by atoms with Crippen molar-refractivity contribution in [3.63, 3.8) is 0 Å². The van der Waals surface area contributed by atoms with E-state index in [1.165, 1.54) is 0 Å². The van der Waals surface area contributed by atoms with Crippen LogP contribution in [-0.4, -0.2) is 39.7 Å². The third-order valence-corrected chi connectivity index (χ3v) is 4.00. The number of hydrogen-bond donors (Lipinski definition) is 2. The number of amides is 1. The summed E-state index contributed by atoms with van der Waals surface area (Å²) in [6, 6.07) is 9.48. The molecule has 8 heteroatoms. The second kappa shape index (κ2) is 8.23. The highest BCUT2D eigenvalue weighted by molar-refractivity contribution is 5.85. The molecule has 7 nitrogen and oxygen atoms in total. The van der Waals surface area contributed by atoms with Crippen LogP contribution in [0.3, 0.4) is 0 Å². The van der Waals surface area contributed by atoms with Gasteiger partial charge in [-0.1, -0.05) is 23.4 Å². The minimum atomic E-state index is -0.421. The summed E-state index contributed by atoms with van der Waals surface area (Å²) in [7, 11) is 0. The van der Waals surface area contributed by atoms with Gasteiger partial charge in [0, 0.05) is 6.54 Å². The number of hydrogen-bond acceptors (Lipinski definition) is 5. The van der Waals surface area contributed by atoms with Crippen molar-refractivity contribution in [1.29, 1.82) is 0 Å². The number of benzene rings is 1. The van der Waals surface area contributed by atoms with Crippen molar-refractivity contribution in [2.75, 3.05) is 6.54 Å². The van der Waals surface area contributed by atoms with E-state index in [1.54, 1.807) is 4.68 Å². The minimum absolute atomic E-state index is 0. The van der Waals surface area contributed by atoms with E-state index in [0.717, 1.165) is 12.1 Å². The molecule has 1 fully saturated rings. The molecule has 1 unspecified atom stereocenters. The SMILES string of the molecule is CC(NC(=O)[C@@H]1CC[C@H](CN)O1)c1cn(-c2ccccc2)nn1.Cl. The Balaban J connectivity index is 0.00000208. The maximum atomic E-state index is 12.2. The lowest BCUT2D eigenvalue weighted by atomic mass is 10.1. The van der Waals surface area contributed by atoms with Crippen LogP contribution in [-0.2, 0) is 9.53 Å². The molecule has 0 saturated carbocycles. The number of para-hydroxylation sites is 1. The molecule has 0 bridgehead atoms. The molecule has 24 heavy (non-hydrogen) atoms. The Bertz CT molecular complexity index is 663. The fourth-order valence-electron chi connectivity index (χ4n) is 2.63. The van der Waals surface area contributed by atoms with Gasteiger partial charge in [-0.25, -0.2) is 4.68 Å². The van der Waals surface area contributed by atoms with E-state index in [4.69, 9.17) is 10.5 Å². The van der Waals surface area contributed by atoms with Gasteiger partial charge >= 0.3 is 0 Å². The zero-order valence-electron chi connectivity index (χ0n) is 13.5. The summed E-state index contributed by atoms with van der Waals surface area (Å²) >= 11 is 0. The Labute approximate surface area is 147 Å². The van der Waals surface area contributed by atoms with E-state index in [1.807, 2.05) is 43.5 Å². The first-order valence-electron chi connectivity index (χ1n) is 7.81. The van der Waals surface area contributed by atoms with Gasteiger partial charge in [0.2, 0.25) is 5.91 Å². The number of carbonyl (C=O) groups is 1. The first-order valence-corrected chi connectivity index (χ1v) is 7.81. The predicted molar refractivity (Wildman–Crippen MR) is 92.1 cm³/mol. The Morgan fingerprint density at radius 3 is 2.83 bits per heavy atom. The van der Waals surface area contributed by atoms with Crippen molar-refractivity contribution in [1.82, 2.24) is 20.3 Å². The van der Waals surface area contributed by atoms with Crippen LogP contribution in [0.15, 0.2) is 36.5 Å². The molecule has 1 amide bonds. The molecule has 1 aliphatic heterocycles. The molecule has 2 heterocycles. The standard InChI is InChI=1S/C16H21N5O2.ClH/c1-11(18-16(22)15-8-7-13(9-17)23-15)14-10-21(20-19-14)12-5-3-2-4-6-12;/h2-6,10-11,13,15H,7-9,17H2,1H3,(H,18,22);1H/t11?,13-,15+;/m1./s1. The van der Waals surface area contributed by atoms with Crippen molar-refractivity contribution in [3.05, 3.63) is 42.2 Å². The van der Waals surface area contributed by atoms with Crippen LogP contribution in [0.4, 0.5) is 0 Å². The van der Waals surface area contributed by atoms with Crippen LogP contribution in [0.5, 0.6) is 0 Å². The Hall–Kier alpha value is -1.96. The van der Waals surface area contributed by atoms with Gasteiger partial charge in [-0.2, -0.15) is 0 Å². The maximum Gasteiger partial charge on any atom is 0.249 e. The second-order valence-corrected chi connectivity index (χ2v) is 5.71. The van der Waals surface area contributed by atoms with E-state index in [0.29, 0.717) is 18.7 Å². The summed E-state index contributed by atoms with van der Waals surface area (Å²) in [5.74, 6) is -0.122. The number of halogens is 1. The Morgan fingerprint density at radius 2 is 2.17 bits per heavy atom. The lowest BCUT2D eigenvalue weighted by Crippen LogP contribution is -2.37. The third kappa shape index (κ3) is 4.11. The molecule has 1 aromatic heterocycles. The Morgan fingerprint density at radius 1 is 1.42 bits per heavy atom. The second-order valence-electron chi connectivity index (χ2n) is 5.71. The number of aromatic nitrogens is 3. The lowest BCUT2D eigenvalue weighted by molar-refractivity contribution is -0.132. The van der Waals surface area contributed by atoms with Gasteiger partial charge in [-0.05, 0) is 31.9 Å². The average molecular weight is 352 g/mol. The number of nitrogens with zero attached hydrogens (tertiary/aromatic N) is 3. The van der Waals surface area contributed by atoms with Crippen molar-refractivity contribution in [3.8, 4) is 5.69 Å². The topological polar surface area (TPSA) is 95.1 Å². The van der Waals surface area contributed by atoms with Crippen molar-refractivity contribution in [2.24, 2.45) is 5.73 Å². The highest BCUT2D eigenvalue weighted by atomic mass is 35.5. The van der Waals surface area contributed by atoms with E-state index in [-0.39, 0.29) is 30.5 Å². The van der Waals surface area contributed by atoms with Gasteiger partial charge in [0.1, 0.15) is 11.8 Å². The highest BCUT2D eigenvalue weighted by Crippen LogP contribution is 2.20. The normalized spacial score (nSPS) is 21.1. The maximum absolute atomic E-state index is 12.2. The lowest BCUT2D eigenvalue weighted by Gasteiger charge is -2.16. The van der Waals surface area contributed by atoms with E-state index < -0.39 is 6.10 Å². The number of nitrogens with two attached hydrogens (primary N) is 1. The minimum Gasteiger partial charge on any atom is -0.364 e. The van der Waals surface area contributed by atoms with Gasteiger partial charge in [0.05, 0.1) is 24.0 Å². The molecule has 3 rings (SSSR count). The number of carbonyl (C=O) groups excluding carboxylic acids is 1. The van der Waals surface area contributed by atoms with E-state index >= 15 is 0 Å². The molecular formula is C16H22ClN5O2. The van der Waals surface area contributed by atoms with Gasteiger partial charge < -0.3 is 15.8 Å². The molecule has 0 spiro atoms. The van der Waals surface area contributed by atoms with Crippen LogP contribution < -0.4 is 11.1 Å². The number of nitrogens with one attached hydrogen (secondary N) is 1. The monoisotopic (exact) mass is 351 g/mol. The van der Waals surface area contributed by atoms with Crippen LogP contribution >= 0.6 is 12.4 Å². The first-order chi connectivity index (χ1) is 11.2. The quantitative estimate of drug-likeness (QED) is 0.848. The number of ether oxygens (including phenoxy) is 1. The molecule has 1 aromatic carbocycles. The predicted octanol–water partition coefficient (Wildman–Crippen LogP) is 1.37. The summed E-state index contributed by atoms with van der Waals surface area (Å²) in [4.78, 5) is 12.2. The molecule has 3 N–H and O–H groups in total. The molecule has 1 aliphatic rings. The summed E-state index contributed by atoms with van der Waals surface area (Å²) in [6.45, 7) is 2.33. The summed E-state index contributed by atoms with van der Waals surface area (Å²) in [5.41, 5.74) is 7.20. The molecule has 1 saturated heterocycles.